The fourth-order valence-corrected chi connectivity index (χ4v) is 2.94. The van der Waals surface area contributed by atoms with Crippen LogP contribution in [0.1, 0.15) is 5.56 Å². The smallest absolute Gasteiger partial charge is 0.147 e. The molecule has 0 amide bonds. The highest BCUT2D eigenvalue weighted by Crippen LogP contribution is 2.23. The monoisotopic (exact) mass is 356 g/mol. The molecule has 0 saturated heterocycles. The van der Waals surface area contributed by atoms with Gasteiger partial charge in [0.05, 0.1) is 5.75 Å². The molecule has 0 aliphatic rings. The van der Waals surface area contributed by atoms with Crippen molar-refractivity contribution in [2.75, 3.05) is 5.75 Å². The summed E-state index contributed by atoms with van der Waals surface area (Å²) in [5.41, 5.74) is 0.727. The second kappa shape index (κ2) is 6.99. The summed E-state index contributed by atoms with van der Waals surface area (Å²) in [4.78, 5) is 12.3. The van der Waals surface area contributed by atoms with Crippen LogP contribution < -0.4 is 0 Å². The minimum Gasteiger partial charge on any atom is -0.298 e. The standard InChI is InChI=1S/C15H11BrF2OS/c16-13-8-11(17)6-5-10(13)7-12(19)9-20-15-4-2-1-3-14(15)18/h1-6,8H,7,9H2. The highest BCUT2D eigenvalue weighted by molar-refractivity contribution is 9.10. The Labute approximate surface area is 128 Å². The van der Waals surface area contributed by atoms with Crippen LogP contribution in [0.4, 0.5) is 8.78 Å². The Hall–Kier alpha value is -1.20. The molecule has 0 heterocycles. The number of hydrogen-bond donors (Lipinski definition) is 0. The first-order valence-electron chi connectivity index (χ1n) is 5.89. The third-order valence-electron chi connectivity index (χ3n) is 2.63. The van der Waals surface area contributed by atoms with Crippen LogP contribution in [0, 0.1) is 11.6 Å². The van der Waals surface area contributed by atoms with Crippen LogP contribution in [0.25, 0.3) is 0 Å². The molecule has 2 aromatic carbocycles. The number of rotatable bonds is 5. The Kier molecular flexibility index (Phi) is 5.31. The summed E-state index contributed by atoms with van der Waals surface area (Å²) in [5, 5.41) is 0. The lowest BCUT2D eigenvalue weighted by Gasteiger charge is -2.05. The fourth-order valence-electron chi connectivity index (χ4n) is 1.65. The molecule has 0 saturated carbocycles. The minimum absolute atomic E-state index is 0.0365. The van der Waals surface area contributed by atoms with Crippen molar-refractivity contribution in [1.82, 2.24) is 0 Å². The number of carbonyl (C=O) groups is 1. The maximum atomic E-state index is 13.4. The Morgan fingerprint density at radius 1 is 1.15 bits per heavy atom. The van der Waals surface area contributed by atoms with E-state index in [-0.39, 0.29) is 29.6 Å². The third kappa shape index (κ3) is 4.15. The number of Topliss-reactive ketones (excluding diaryl/α,β-unsaturated/α-hetero) is 1. The predicted octanol–water partition coefficient (Wildman–Crippen LogP) is 4.63. The quantitative estimate of drug-likeness (QED) is 0.726. The van der Waals surface area contributed by atoms with E-state index in [1.54, 1.807) is 24.3 Å². The molecule has 0 bridgehead atoms. The second-order valence-corrected chi connectivity index (χ2v) is 6.04. The van der Waals surface area contributed by atoms with Gasteiger partial charge in [0.25, 0.3) is 0 Å². The molecule has 0 atom stereocenters. The van der Waals surface area contributed by atoms with Gasteiger partial charge in [-0.2, -0.15) is 0 Å². The maximum Gasteiger partial charge on any atom is 0.147 e. The molecule has 0 N–H and O–H groups in total. The van der Waals surface area contributed by atoms with Gasteiger partial charge < -0.3 is 0 Å². The Morgan fingerprint density at radius 2 is 1.90 bits per heavy atom. The van der Waals surface area contributed by atoms with Gasteiger partial charge in [-0.3, -0.25) is 4.79 Å². The lowest BCUT2D eigenvalue weighted by molar-refractivity contribution is -0.116. The van der Waals surface area contributed by atoms with Crippen LogP contribution in [0.5, 0.6) is 0 Å². The molecule has 0 radical (unpaired) electrons. The van der Waals surface area contributed by atoms with Gasteiger partial charge in [0, 0.05) is 15.8 Å². The highest BCUT2D eigenvalue weighted by Gasteiger charge is 2.10. The van der Waals surface area contributed by atoms with Crippen molar-refractivity contribution in [3.05, 3.63) is 64.1 Å². The first kappa shape index (κ1) is 15.2. The fraction of sp³-hybridized carbons (Fsp3) is 0.133. The topological polar surface area (TPSA) is 17.1 Å². The van der Waals surface area contributed by atoms with Gasteiger partial charge in [-0.25, -0.2) is 8.78 Å². The average molecular weight is 357 g/mol. The van der Waals surface area contributed by atoms with Crippen LogP contribution >= 0.6 is 27.7 Å². The van der Waals surface area contributed by atoms with Gasteiger partial charge >= 0.3 is 0 Å². The van der Waals surface area contributed by atoms with E-state index >= 15 is 0 Å². The molecule has 104 valence electrons. The van der Waals surface area contributed by atoms with Crippen LogP contribution in [-0.4, -0.2) is 11.5 Å². The molecular weight excluding hydrogens is 346 g/mol. The number of carbonyl (C=O) groups excluding carboxylic acids is 1. The molecule has 2 aromatic rings. The zero-order valence-corrected chi connectivity index (χ0v) is 12.8. The van der Waals surface area contributed by atoms with Crippen LogP contribution in [0.3, 0.4) is 0 Å². The average Bonchev–Trinajstić information content (AvgIpc) is 2.41. The van der Waals surface area contributed by atoms with Crippen molar-refractivity contribution in [3.8, 4) is 0 Å². The molecule has 1 nitrogen and oxygen atoms in total. The summed E-state index contributed by atoms with van der Waals surface area (Å²) < 4.78 is 26.9. The van der Waals surface area contributed by atoms with E-state index in [1.807, 2.05) is 0 Å². The Morgan fingerprint density at radius 3 is 2.60 bits per heavy atom. The van der Waals surface area contributed by atoms with Crippen LogP contribution in [0.15, 0.2) is 51.8 Å². The van der Waals surface area contributed by atoms with E-state index < -0.39 is 0 Å². The van der Waals surface area contributed by atoms with Crippen molar-refractivity contribution in [3.63, 3.8) is 0 Å². The lowest BCUT2D eigenvalue weighted by atomic mass is 10.1. The molecule has 20 heavy (non-hydrogen) atoms. The van der Waals surface area contributed by atoms with Gasteiger partial charge in [0.2, 0.25) is 0 Å². The number of thioether (sulfide) groups is 1. The van der Waals surface area contributed by atoms with Crippen LogP contribution in [-0.2, 0) is 11.2 Å². The number of hydrogen-bond acceptors (Lipinski definition) is 2. The van der Waals surface area contributed by atoms with E-state index in [9.17, 15) is 13.6 Å². The third-order valence-corrected chi connectivity index (χ3v) is 4.47. The van der Waals surface area contributed by atoms with Crippen molar-refractivity contribution >= 4 is 33.5 Å². The van der Waals surface area contributed by atoms with Gasteiger partial charge in [0.15, 0.2) is 0 Å². The van der Waals surface area contributed by atoms with Crippen LogP contribution in [0.2, 0.25) is 0 Å². The van der Waals surface area contributed by atoms with Crippen molar-refractivity contribution in [1.29, 1.82) is 0 Å². The minimum atomic E-state index is -0.353. The van der Waals surface area contributed by atoms with E-state index in [2.05, 4.69) is 15.9 Å². The molecule has 0 aliphatic heterocycles. The van der Waals surface area contributed by atoms with Gasteiger partial charge in [-0.05, 0) is 29.8 Å². The predicted molar refractivity (Wildman–Crippen MR) is 79.9 cm³/mol. The zero-order chi connectivity index (χ0) is 14.5. The SMILES string of the molecule is O=C(CSc1ccccc1F)Cc1ccc(F)cc1Br. The van der Waals surface area contributed by atoms with E-state index in [1.165, 1.54) is 30.0 Å². The van der Waals surface area contributed by atoms with Crippen molar-refractivity contribution in [2.45, 2.75) is 11.3 Å². The van der Waals surface area contributed by atoms with Gasteiger partial charge in [-0.1, -0.05) is 34.1 Å². The maximum absolute atomic E-state index is 13.4. The number of benzene rings is 2. The molecular formula is C15H11BrF2OS. The van der Waals surface area contributed by atoms with Crippen molar-refractivity contribution < 1.29 is 13.6 Å². The summed E-state index contributed by atoms with van der Waals surface area (Å²) in [6, 6.07) is 10.6. The normalized spacial score (nSPS) is 10.6. The van der Waals surface area contributed by atoms with E-state index in [0.717, 1.165) is 5.56 Å². The number of halogens is 3. The molecule has 5 heteroatoms. The zero-order valence-electron chi connectivity index (χ0n) is 10.4. The molecule has 0 aromatic heterocycles. The first-order chi connectivity index (χ1) is 9.56. The summed E-state index contributed by atoms with van der Waals surface area (Å²) in [6.45, 7) is 0. The first-order valence-corrected chi connectivity index (χ1v) is 7.67. The van der Waals surface area contributed by atoms with E-state index in [0.29, 0.717) is 9.37 Å². The van der Waals surface area contributed by atoms with Crippen molar-refractivity contribution in [2.24, 2.45) is 0 Å². The highest BCUT2D eigenvalue weighted by atomic mass is 79.9. The Balaban J connectivity index is 1.94. The summed E-state index contributed by atoms with van der Waals surface area (Å²) in [7, 11) is 0. The van der Waals surface area contributed by atoms with Gasteiger partial charge in [-0.15, -0.1) is 11.8 Å². The summed E-state index contributed by atoms with van der Waals surface area (Å²) in [6.07, 6.45) is 0.197. The van der Waals surface area contributed by atoms with Gasteiger partial charge in [0.1, 0.15) is 17.4 Å². The molecule has 0 fully saturated rings. The molecule has 0 unspecified atom stereocenters. The summed E-state index contributed by atoms with van der Waals surface area (Å²) in [5.74, 6) is -0.530. The second-order valence-electron chi connectivity index (χ2n) is 4.17. The molecule has 0 spiro atoms. The lowest BCUT2D eigenvalue weighted by Crippen LogP contribution is -2.06. The largest absolute Gasteiger partial charge is 0.298 e. The Bertz CT molecular complexity index is 631. The molecule has 0 aliphatic carbocycles. The van der Waals surface area contributed by atoms with E-state index in [4.69, 9.17) is 0 Å². The number of ketones is 1. The molecule has 2 rings (SSSR count). The summed E-state index contributed by atoms with van der Waals surface area (Å²) >= 11 is 4.39.